The number of carbonyl (C=O) groups excluding carboxylic acids is 1. The van der Waals surface area contributed by atoms with Crippen molar-refractivity contribution in [2.45, 2.75) is 18.4 Å². The minimum Gasteiger partial charge on any atom is -0.322 e. The van der Waals surface area contributed by atoms with Crippen molar-refractivity contribution < 1.29 is 13.2 Å². The number of hydrogen-bond donors (Lipinski definition) is 2. The second-order valence-corrected chi connectivity index (χ2v) is 8.31. The van der Waals surface area contributed by atoms with Crippen molar-refractivity contribution >= 4 is 21.7 Å². The second-order valence-electron chi connectivity index (χ2n) is 6.75. The van der Waals surface area contributed by atoms with Crippen LogP contribution >= 0.6 is 0 Å². The molecule has 7 nitrogen and oxygen atoms in total. The van der Waals surface area contributed by atoms with E-state index in [4.69, 9.17) is 5.14 Å². The number of sulfonamides is 1. The number of amides is 2. The summed E-state index contributed by atoms with van der Waals surface area (Å²) in [6.07, 6.45) is 0. The number of nitrogens with one attached hydrogen (secondary N) is 1. The van der Waals surface area contributed by atoms with E-state index in [1.807, 2.05) is 0 Å². The van der Waals surface area contributed by atoms with E-state index in [0.29, 0.717) is 18.8 Å². The first kappa shape index (κ1) is 19.3. The molecule has 144 valence electrons. The Labute approximate surface area is 159 Å². The molecule has 2 aromatic carbocycles. The summed E-state index contributed by atoms with van der Waals surface area (Å²) >= 11 is 0. The number of hydrogen-bond acceptors (Lipinski definition) is 4. The molecule has 0 saturated carbocycles. The SMILES string of the molecule is Cc1cccc(CN2CCN(C(=O)Nc3ccc(S(N)(=O)=O)cc3)CC2)c1. The van der Waals surface area contributed by atoms with E-state index in [1.165, 1.54) is 35.4 Å². The van der Waals surface area contributed by atoms with Crippen LogP contribution in [0.15, 0.2) is 53.4 Å². The number of nitrogens with zero attached hydrogens (tertiary/aromatic N) is 2. The smallest absolute Gasteiger partial charge is 0.321 e. The third-order valence-electron chi connectivity index (χ3n) is 4.58. The molecule has 2 amide bonds. The highest BCUT2D eigenvalue weighted by molar-refractivity contribution is 7.89. The zero-order valence-corrected chi connectivity index (χ0v) is 16.1. The van der Waals surface area contributed by atoms with Gasteiger partial charge >= 0.3 is 6.03 Å². The molecule has 0 unspecified atom stereocenters. The minimum atomic E-state index is -3.73. The Morgan fingerprint density at radius 2 is 1.74 bits per heavy atom. The van der Waals surface area contributed by atoms with E-state index in [2.05, 4.69) is 41.4 Å². The summed E-state index contributed by atoms with van der Waals surface area (Å²) < 4.78 is 22.5. The predicted octanol–water partition coefficient (Wildman–Crippen LogP) is 1.99. The van der Waals surface area contributed by atoms with Gasteiger partial charge in [-0.1, -0.05) is 29.8 Å². The predicted molar refractivity (Wildman–Crippen MR) is 105 cm³/mol. The van der Waals surface area contributed by atoms with Gasteiger partial charge in [0.15, 0.2) is 0 Å². The van der Waals surface area contributed by atoms with Gasteiger partial charge in [-0.2, -0.15) is 0 Å². The Balaban J connectivity index is 1.51. The Bertz CT molecular complexity index is 905. The molecule has 1 aliphatic heterocycles. The third-order valence-corrected chi connectivity index (χ3v) is 5.51. The topological polar surface area (TPSA) is 95.7 Å². The lowest BCUT2D eigenvalue weighted by Gasteiger charge is -2.34. The first-order valence-corrected chi connectivity index (χ1v) is 10.3. The van der Waals surface area contributed by atoms with Gasteiger partial charge in [-0.3, -0.25) is 4.90 Å². The number of primary sulfonamides is 1. The van der Waals surface area contributed by atoms with E-state index in [-0.39, 0.29) is 10.9 Å². The highest BCUT2D eigenvalue weighted by Crippen LogP contribution is 2.15. The molecule has 0 bridgehead atoms. The molecule has 0 aliphatic carbocycles. The summed E-state index contributed by atoms with van der Waals surface area (Å²) in [5.74, 6) is 0. The average Bonchev–Trinajstić information content (AvgIpc) is 2.62. The van der Waals surface area contributed by atoms with Crippen LogP contribution in [-0.2, 0) is 16.6 Å². The highest BCUT2D eigenvalue weighted by atomic mass is 32.2. The molecule has 3 rings (SSSR count). The van der Waals surface area contributed by atoms with Crippen LogP contribution in [0.2, 0.25) is 0 Å². The van der Waals surface area contributed by atoms with Crippen LogP contribution in [0.5, 0.6) is 0 Å². The number of urea groups is 1. The summed E-state index contributed by atoms with van der Waals surface area (Å²) in [5, 5.41) is 7.87. The lowest BCUT2D eigenvalue weighted by Crippen LogP contribution is -2.49. The molecule has 0 atom stereocenters. The normalized spacial score (nSPS) is 15.6. The van der Waals surface area contributed by atoms with Gasteiger partial charge in [0, 0.05) is 38.4 Å². The van der Waals surface area contributed by atoms with Gasteiger partial charge in [0.25, 0.3) is 0 Å². The van der Waals surface area contributed by atoms with Crippen LogP contribution in [0.25, 0.3) is 0 Å². The third kappa shape index (κ3) is 5.29. The zero-order valence-electron chi connectivity index (χ0n) is 15.3. The first-order chi connectivity index (χ1) is 12.8. The molecule has 1 saturated heterocycles. The van der Waals surface area contributed by atoms with Crippen molar-refractivity contribution in [3.8, 4) is 0 Å². The molecule has 0 aromatic heterocycles. The standard InChI is InChI=1S/C19H24N4O3S/c1-15-3-2-4-16(13-15)14-22-9-11-23(12-10-22)19(24)21-17-5-7-18(8-6-17)27(20,25)26/h2-8,13H,9-12,14H2,1H3,(H,21,24)(H2,20,25,26). The van der Waals surface area contributed by atoms with Gasteiger partial charge in [0.1, 0.15) is 0 Å². The average molecular weight is 388 g/mol. The lowest BCUT2D eigenvalue weighted by atomic mass is 10.1. The molecule has 2 aromatic rings. The summed E-state index contributed by atoms with van der Waals surface area (Å²) in [6.45, 7) is 5.88. The fraction of sp³-hybridized carbons (Fsp3) is 0.316. The van der Waals surface area contributed by atoms with Crippen LogP contribution in [0.3, 0.4) is 0 Å². The van der Waals surface area contributed by atoms with Gasteiger partial charge in [-0.05, 0) is 36.8 Å². The molecule has 3 N–H and O–H groups in total. The van der Waals surface area contributed by atoms with E-state index in [0.717, 1.165) is 19.6 Å². The summed E-state index contributed by atoms with van der Waals surface area (Å²) in [4.78, 5) is 16.5. The van der Waals surface area contributed by atoms with Crippen LogP contribution in [0.1, 0.15) is 11.1 Å². The van der Waals surface area contributed by atoms with Crippen LogP contribution in [0.4, 0.5) is 10.5 Å². The number of aryl methyl sites for hydroxylation is 1. The summed E-state index contributed by atoms with van der Waals surface area (Å²) in [5.41, 5.74) is 3.07. The van der Waals surface area contributed by atoms with E-state index in [1.54, 1.807) is 4.90 Å². The number of nitrogens with two attached hydrogens (primary N) is 1. The maximum Gasteiger partial charge on any atom is 0.321 e. The maximum absolute atomic E-state index is 12.4. The zero-order chi connectivity index (χ0) is 19.4. The number of benzene rings is 2. The Hall–Kier alpha value is -2.42. The van der Waals surface area contributed by atoms with Crippen LogP contribution < -0.4 is 10.5 Å². The molecule has 1 aliphatic rings. The van der Waals surface area contributed by atoms with Crippen molar-refractivity contribution in [3.05, 3.63) is 59.7 Å². The molecule has 27 heavy (non-hydrogen) atoms. The van der Waals surface area contributed by atoms with Gasteiger partial charge < -0.3 is 10.2 Å². The van der Waals surface area contributed by atoms with Crippen molar-refractivity contribution in [2.75, 3.05) is 31.5 Å². The van der Waals surface area contributed by atoms with Gasteiger partial charge in [0.2, 0.25) is 10.0 Å². The van der Waals surface area contributed by atoms with E-state index < -0.39 is 10.0 Å². The van der Waals surface area contributed by atoms with E-state index >= 15 is 0 Å². The van der Waals surface area contributed by atoms with E-state index in [9.17, 15) is 13.2 Å². The monoisotopic (exact) mass is 388 g/mol. The maximum atomic E-state index is 12.4. The van der Waals surface area contributed by atoms with Gasteiger partial charge in [-0.15, -0.1) is 0 Å². The number of piperazine rings is 1. The Morgan fingerprint density at radius 1 is 1.07 bits per heavy atom. The summed E-state index contributed by atoms with van der Waals surface area (Å²) in [6, 6.07) is 14.1. The van der Waals surface area contributed by atoms with Gasteiger partial charge in [-0.25, -0.2) is 18.4 Å². The number of anilines is 1. The van der Waals surface area contributed by atoms with Crippen molar-refractivity contribution in [3.63, 3.8) is 0 Å². The summed E-state index contributed by atoms with van der Waals surface area (Å²) in [7, 11) is -3.73. The minimum absolute atomic E-state index is 0.0188. The molecular formula is C19H24N4O3S. The van der Waals surface area contributed by atoms with Crippen LogP contribution in [-0.4, -0.2) is 50.4 Å². The van der Waals surface area contributed by atoms with Crippen molar-refractivity contribution in [1.29, 1.82) is 0 Å². The highest BCUT2D eigenvalue weighted by Gasteiger charge is 2.21. The Kier molecular flexibility index (Phi) is 5.79. The molecule has 1 fully saturated rings. The molecule has 8 heteroatoms. The molecule has 0 radical (unpaired) electrons. The quantitative estimate of drug-likeness (QED) is 0.837. The molecule has 0 spiro atoms. The second kappa shape index (κ2) is 8.08. The Morgan fingerprint density at radius 3 is 2.33 bits per heavy atom. The largest absolute Gasteiger partial charge is 0.322 e. The van der Waals surface area contributed by atoms with Gasteiger partial charge in [0.05, 0.1) is 4.90 Å². The number of rotatable bonds is 4. The fourth-order valence-electron chi connectivity index (χ4n) is 3.11. The lowest BCUT2D eigenvalue weighted by molar-refractivity contribution is 0.143. The fourth-order valence-corrected chi connectivity index (χ4v) is 3.62. The van der Waals surface area contributed by atoms with Crippen molar-refractivity contribution in [1.82, 2.24) is 9.80 Å². The van der Waals surface area contributed by atoms with Crippen LogP contribution in [0, 0.1) is 6.92 Å². The number of carbonyl (C=O) groups is 1. The molecular weight excluding hydrogens is 364 g/mol. The van der Waals surface area contributed by atoms with Crippen molar-refractivity contribution in [2.24, 2.45) is 5.14 Å². The first-order valence-electron chi connectivity index (χ1n) is 8.78. The molecule has 1 heterocycles.